The summed E-state index contributed by atoms with van der Waals surface area (Å²) in [5, 5.41) is 3.01. The summed E-state index contributed by atoms with van der Waals surface area (Å²) in [6, 6.07) is 9.53. The molecule has 3 heterocycles. The van der Waals surface area contributed by atoms with Gasteiger partial charge in [0.05, 0.1) is 28.8 Å². The van der Waals surface area contributed by atoms with Crippen LogP contribution in [-0.2, 0) is 11.3 Å². The molecule has 28 heavy (non-hydrogen) atoms. The normalized spacial score (nSPS) is 17.0. The Hall–Kier alpha value is -3.09. The van der Waals surface area contributed by atoms with Gasteiger partial charge in [-0.1, -0.05) is 19.1 Å². The van der Waals surface area contributed by atoms with Crippen LogP contribution in [0.5, 0.6) is 0 Å². The van der Waals surface area contributed by atoms with Gasteiger partial charge < -0.3 is 13.9 Å². The molecule has 4 rings (SSSR count). The smallest absolute Gasteiger partial charge is 0.257 e. The highest BCUT2D eigenvalue weighted by molar-refractivity contribution is 5.96. The van der Waals surface area contributed by atoms with Gasteiger partial charge in [-0.3, -0.25) is 14.9 Å². The van der Waals surface area contributed by atoms with Crippen LogP contribution in [0, 0.1) is 5.92 Å². The van der Waals surface area contributed by atoms with E-state index in [1.807, 2.05) is 28.8 Å². The van der Waals surface area contributed by atoms with Crippen molar-refractivity contribution < 1.29 is 14.0 Å². The number of benzene rings is 1. The molecule has 7 heteroatoms. The number of carbonyl (C=O) groups excluding carboxylic acids is 2. The number of rotatable bonds is 5. The number of hydrogen-bond donors (Lipinski definition) is 1. The topological polar surface area (TPSA) is 80.4 Å². The van der Waals surface area contributed by atoms with Crippen molar-refractivity contribution in [3.05, 3.63) is 48.4 Å². The zero-order chi connectivity index (χ0) is 19.5. The second-order valence-electron chi connectivity index (χ2n) is 7.17. The number of likely N-dealkylation sites (tertiary alicyclic amines) is 1. The molecule has 1 N–H and O–H groups in total. The van der Waals surface area contributed by atoms with Crippen LogP contribution in [-0.4, -0.2) is 39.4 Å². The Balaban J connectivity index is 1.50. The molecule has 2 amide bonds. The van der Waals surface area contributed by atoms with E-state index in [2.05, 4.69) is 17.2 Å². The van der Waals surface area contributed by atoms with Gasteiger partial charge in [0.25, 0.3) is 5.91 Å². The minimum absolute atomic E-state index is 0.0858. The van der Waals surface area contributed by atoms with Gasteiger partial charge in [-0.2, -0.15) is 0 Å². The molecular weight excluding hydrogens is 356 g/mol. The van der Waals surface area contributed by atoms with E-state index in [1.54, 1.807) is 11.0 Å². The predicted molar refractivity (Wildman–Crippen MR) is 106 cm³/mol. The second-order valence-corrected chi connectivity index (χ2v) is 7.17. The van der Waals surface area contributed by atoms with Gasteiger partial charge in [0, 0.05) is 19.6 Å². The van der Waals surface area contributed by atoms with Gasteiger partial charge in [-0.15, -0.1) is 0 Å². The van der Waals surface area contributed by atoms with Crippen LogP contribution in [0.1, 0.15) is 36.5 Å². The van der Waals surface area contributed by atoms with Crippen LogP contribution < -0.4 is 5.32 Å². The van der Waals surface area contributed by atoms with Crippen molar-refractivity contribution >= 4 is 28.8 Å². The van der Waals surface area contributed by atoms with Crippen molar-refractivity contribution in [3.63, 3.8) is 0 Å². The summed E-state index contributed by atoms with van der Waals surface area (Å²) in [5.74, 6) is 0.146. The van der Waals surface area contributed by atoms with Gasteiger partial charge in [-0.05, 0) is 37.5 Å². The Morgan fingerprint density at radius 2 is 2.14 bits per heavy atom. The first-order valence-corrected chi connectivity index (χ1v) is 9.75. The monoisotopic (exact) mass is 380 g/mol. The number of furan rings is 1. The number of aryl methyl sites for hydroxylation is 1. The number of aromatic nitrogens is 2. The van der Waals surface area contributed by atoms with Crippen molar-refractivity contribution in [3.8, 4) is 0 Å². The molecule has 0 spiro atoms. The Labute approximate surface area is 163 Å². The van der Waals surface area contributed by atoms with E-state index in [1.165, 1.54) is 12.5 Å². The largest absolute Gasteiger partial charge is 0.472 e. The number of piperidine rings is 1. The molecule has 1 unspecified atom stereocenters. The fourth-order valence-corrected chi connectivity index (χ4v) is 3.78. The number of para-hydroxylation sites is 2. The molecule has 3 aromatic rings. The third-order valence-electron chi connectivity index (χ3n) is 5.18. The van der Waals surface area contributed by atoms with Gasteiger partial charge >= 0.3 is 0 Å². The SMILES string of the molecule is CCCn1c(NC(=O)C2CCCN(C(=O)c3ccoc3)C2)nc2ccccc21. The molecular formula is C21H24N4O3. The average molecular weight is 380 g/mol. The van der Waals surface area contributed by atoms with Gasteiger partial charge in [-0.25, -0.2) is 4.98 Å². The minimum atomic E-state index is -0.250. The number of imidazole rings is 1. The van der Waals surface area contributed by atoms with Gasteiger partial charge in [0.2, 0.25) is 11.9 Å². The van der Waals surface area contributed by atoms with E-state index >= 15 is 0 Å². The fourth-order valence-electron chi connectivity index (χ4n) is 3.78. The van der Waals surface area contributed by atoms with E-state index in [4.69, 9.17) is 4.42 Å². The predicted octanol–water partition coefficient (Wildman–Crippen LogP) is 3.53. The molecule has 1 aliphatic heterocycles. The molecule has 1 aliphatic rings. The van der Waals surface area contributed by atoms with Gasteiger partial charge in [0.15, 0.2) is 0 Å². The maximum atomic E-state index is 12.9. The first-order valence-electron chi connectivity index (χ1n) is 9.75. The summed E-state index contributed by atoms with van der Waals surface area (Å²) in [4.78, 5) is 31.8. The van der Waals surface area contributed by atoms with Gasteiger partial charge in [0.1, 0.15) is 6.26 Å². The first kappa shape index (κ1) is 18.3. The Morgan fingerprint density at radius 1 is 1.29 bits per heavy atom. The van der Waals surface area contributed by atoms with Crippen LogP contribution >= 0.6 is 0 Å². The molecule has 1 atom stereocenters. The van der Waals surface area contributed by atoms with E-state index in [0.29, 0.717) is 24.6 Å². The van der Waals surface area contributed by atoms with Crippen molar-refractivity contribution in [2.45, 2.75) is 32.7 Å². The molecule has 1 aromatic carbocycles. The summed E-state index contributed by atoms with van der Waals surface area (Å²) >= 11 is 0. The zero-order valence-electron chi connectivity index (χ0n) is 15.9. The Bertz CT molecular complexity index is 977. The maximum absolute atomic E-state index is 12.9. The molecule has 0 aliphatic carbocycles. The van der Waals surface area contributed by atoms with Crippen LogP contribution in [0.3, 0.4) is 0 Å². The second kappa shape index (κ2) is 7.88. The summed E-state index contributed by atoms with van der Waals surface area (Å²) in [7, 11) is 0. The number of carbonyl (C=O) groups is 2. The van der Waals surface area contributed by atoms with E-state index in [0.717, 1.165) is 36.8 Å². The summed E-state index contributed by atoms with van der Waals surface area (Å²) in [6.07, 6.45) is 5.43. The molecule has 0 bridgehead atoms. The molecule has 1 saturated heterocycles. The zero-order valence-corrected chi connectivity index (χ0v) is 15.9. The van der Waals surface area contributed by atoms with Crippen LogP contribution in [0.25, 0.3) is 11.0 Å². The van der Waals surface area contributed by atoms with Crippen molar-refractivity contribution in [2.24, 2.45) is 5.92 Å². The molecule has 1 fully saturated rings. The minimum Gasteiger partial charge on any atom is -0.472 e. The lowest BCUT2D eigenvalue weighted by Crippen LogP contribution is -2.43. The number of anilines is 1. The fraction of sp³-hybridized carbons (Fsp3) is 0.381. The summed E-state index contributed by atoms with van der Waals surface area (Å²) in [5.41, 5.74) is 2.40. The first-order chi connectivity index (χ1) is 13.7. The van der Waals surface area contributed by atoms with Crippen LogP contribution in [0.15, 0.2) is 47.3 Å². The molecule has 7 nitrogen and oxygen atoms in total. The summed E-state index contributed by atoms with van der Waals surface area (Å²) in [6.45, 7) is 3.94. The highest BCUT2D eigenvalue weighted by Crippen LogP contribution is 2.23. The quantitative estimate of drug-likeness (QED) is 0.734. The lowest BCUT2D eigenvalue weighted by Gasteiger charge is -2.31. The number of fused-ring (bicyclic) bond motifs is 1. The third-order valence-corrected chi connectivity index (χ3v) is 5.18. The highest BCUT2D eigenvalue weighted by atomic mass is 16.3. The average Bonchev–Trinajstić information content (AvgIpc) is 3.37. The molecule has 2 aromatic heterocycles. The number of nitrogens with one attached hydrogen (secondary N) is 1. The number of nitrogens with zero attached hydrogens (tertiary/aromatic N) is 3. The molecule has 0 saturated carbocycles. The maximum Gasteiger partial charge on any atom is 0.257 e. The summed E-state index contributed by atoms with van der Waals surface area (Å²) < 4.78 is 7.05. The number of amides is 2. The Morgan fingerprint density at radius 3 is 2.93 bits per heavy atom. The highest BCUT2D eigenvalue weighted by Gasteiger charge is 2.30. The van der Waals surface area contributed by atoms with Crippen molar-refractivity contribution in [2.75, 3.05) is 18.4 Å². The molecule has 0 radical (unpaired) electrons. The number of hydrogen-bond acceptors (Lipinski definition) is 4. The third kappa shape index (κ3) is 3.52. The van der Waals surface area contributed by atoms with E-state index in [9.17, 15) is 9.59 Å². The van der Waals surface area contributed by atoms with Crippen LogP contribution in [0.4, 0.5) is 5.95 Å². The van der Waals surface area contributed by atoms with Crippen molar-refractivity contribution in [1.82, 2.24) is 14.5 Å². The lowest BCUT2D eigenvalue weighted by atomic mass is 9.96. The van der Waals surface area contributed by atoms with E-state index < -0.39 is 0 Å². The van der Waals surface area contributed by atoms with Crippen LogP contribution in [0.2, 0.25) is 0 Å². The standard InChI is InChI=1S/C21H24N4O3/c1-2-10-25-18-8-4-3-7-17(18)22-21(25)23-19(26)15-6-5-11-24(13-15)20(27)16-9-12-28-14-16/h3-4,7-9,12,14-15H,2,5-6,10-11,13H2,1H3,(H,22,23,26). The lowest BCUT2D eigenvalue weighted by molar-refractivity contribution is -0.121. The van der Waals surface area contributed by atoms with E-state index in [-0.39, 0.29) is 17.7 Å². The molecule has 146 valence electrons. The van der Waals surface area contributed by atoms with Crippen molar-refractivity contribution in [1.29, 1.82) is 0 Å². The Kier molecular flexibility index (Phi) is 5.14.